The second-order valence-corrected chi connectivity index (χ2v) is 6.06. The molecule has 1 atom stereocenters. The zero-order chi connectivity index (χ0) is 10.2. The molecule has 0 saturated heterocycles. The summed E-state index contributed by atoms with van der Waals surface area (Å²) in [6.07, 6.45) is 1.15. The summed E-state index contributed by atoms with van der Waals surface area (Å²) in [6, 6.07) is 8.68. The SMILES string of the molecule is CC(C)(C)NC1Cc2ccccc2S1. The zero-order valence-electron chi connectivity index (χ0n) is 9.00. The second kappa shape index (κ2) is 3.59. The van der Waals surface area contributed by atoms with E-state index in [4.69, 9.17) is 0 Å². The second-order valence-electron chi connectivity index (χ2n) is 4.81. The third kappa shape index (κ3) is 2.31. The average Bonchev–Trinajstić information content (AvgIpc) is 2.42. The Morgan fingerprint density at radius 1 is 1.29 bits per heavy atom. The molecule has 1 aliphatic rings. The molecule has 2 rings (SSSR count). The summed E-state index contributed by atoms with van der Waals surface area (Å²) in [5, 5.41) is 4.18. The van der Waals surface area contributed by atoms with Gasteiger partial charge in [-0.15, -0.1) is 11.8 Å². The third-order valence-electron chi connectivity index (χ3n) is 2.24. The van der Waals surface area contributed by atoms with Gasteiger partial charge in [0, 0.05) is 10.4 Å². The van der Waals surface area contributed by atoms with E-state index >= 15 is 0 Å². The number of hydrogen-bond acceptors (Lipinski definition) is 2. The van der Waals surface area contributed by atoms with Crippen LogP contribution in [-0.4, -0.2) is 10.9 Å². The minimum atomic E-state index is 0.208. The average molecular weight is 207 g/mol. The van der Waals surface area contributed by atoms with Crippen molar-refractivity contribution in [3.05, 3.63) is 29.8 Å². The van der Waals surface area contributed by atoms with Crippen LogP contribution in [0.1, 0.15) is 26.3 Å². The molecule has 0 radical (unpaired) electrons. The van der Waals surface area contributed by atoms with Crippen molar-refractivity contribution in [1.82, 2.24) is 5.32 Å². The largest absolute Gasteiger partial charge is 0.300 e. The Hall–Kier alpha value is -0.470. The Morgan fingerprint density at radius 3 is 2.64 bits per heavy atom. The summed E-state index contributed by atoms with van der Waals surface area (Å²) in [7, 11) is 0. The highest BCUT2D eigenvalue weighted by molar-refractivity contribution is 8.00. The van der Waals surface area contributed by atoms with Crippen LogP contribution in [0, 0.1) is 0 Å². The van der Waals surface area contributed by atoms with Crippen LogP contribution < -0.4 is 5.32 Å². The van der Waals surface area contributed by atoms with Gasteiger partial charge in [-0.1, -0.05) is 18.2 Å². The van der Waals surface area contributed by atoms with Crippen LogP contribution in [0.5, 0.6) is 0 Å². The summed E-state index contributed by atoms with van der Waals surface area (Å²) >= 11 is 1.95. The first-order valence-corrected chi connectivity index (χ1v) is 5.95. The summed E-state index contributed by atoms with van der Waals surface area (Å²) in [5.41, 5.74) is 1.69. The Bertz CT molecular complexity index is 302. The molecule has 2 heteroatoms. The molecule has 76 valence electrons. The molecule has 1 aliphatic heterocycles. The quantitative estimate of drug-likeness (QED) is 0.759. The van der Waals surface area contributed by atoms with Gasteiger partial charge >= 0.3 is 0 Å². The number of nitrogens with one attached hydrogen (secondary N) is 1. The Balaban J connectivity index is 2.05. The topological polar surface area (TPSA) is 12.0 Å². The van der Waals surface area contributed by atoms with Crippen LogP contribution in [0.2, 0.25) is 0 Å². The van der Waals surface area contributed by atoms with E-state index in [0.717, 1.165) is 6.42 Å². The fourth-order valence-electron chi connectivity index (χ4n) is 1.75. The van der Waals surface area contributed by atoms with Crippen LogP contribution in [0.4, 0.5) is 0 Å². The lowest BCUT2D eigenvalue weighted by atomic mass is 10.1. The van der Waals surface area contributed by atoms with Crippen LogP contribution >= 0.6 is 11.8 Å². The highest BCUT2D eigenvalue weighted by atomic mass is 32.2. The van der Waals surface area contributed by atoms with Crippen LogP contribution in [0.15, 0.2) is 29.2 Å². The fraction of sp³-hybridized carbons (Fsp3) is 0.500. The normalized spacial score (nSPS) is 20.9. The number of rotatable bonds is 1. The van der Waals surface area contributed by atoms with Crippen molar-refractivity contribution in [2.45, 2.75) is 43.0 Å². The fourth-order valence-corrected chi connectivity index (χ4v) is 3.19. The maximum atomic E-state index is 3.63. The Morgan fingerprint density at radius 2 is 2.00 bits per heavy atom. The van der Waals surface area contributed by atoms with Crippen molar-refractivity contribution in [2.75, 3.05) is 0 Å². The summed E-state index contributed by atoms with van der Waals surface area (Å²) in [6.45, 7) is 6.66. The van der Waals surface area contributed by atoms with E-state index < -0.39 is 0 Å². The number of thioether (sulfide) groups is 1. The molecule has 0 bridgehead atoms. The van der Waals surface area contributed by atoms with Gasteiger partial charge in [0.1, 0.15) is 0 Å². The smallest absolute Gasteiger partial charge is 0.0624 e. The zero-order valence-corrected chi connectivity index (χ0v) is 9.82. The molecule has 1 unspecified atom stereocenters. The summed E-state index contributed by atoms with van der Waals surface area (Å²) in [4.78, 5) is 1.44. The highest BCUT2D eigenvalue weighted by Crippen LogP contribution is 2.36. The van der Waals surface area contributed by atoms with E-state index in [1.165, 1.54) is 10.5 Å². The first kappa shape index (κ1) is 10.1. The van der Waals surface area contributed by atoms with Gasteiger partial charge in [0.05, 0.1) is 5.37 Å². The van der Waals surface area contributed by atoms with Gasteiger partial charge in [-0.3, -0.25) is 0 Å². The number of benzene rings is 1. The molecule has 0 spiro atoms. The van der Waals surface area contributed by atoms with Crippen molar-refractivity contribution in [3.8, 4) is 0 Å². The first-order valence-electron chi connectivity index (χ1n) is 5.07. The van der Waals surface area contributed by atoms with Gasteiger partial charge in [-0.05, 0) is 38.8 Å². The van der Waals surface area contributed by atoms with Crippen molar-refractivity contribution < 1.29 is 0 Å². The molecule has 0 saturated carbocycles. The maximum absolute atomic E-state index is 3.63. The monoisotopic (exact) mass is 207 g/mol. The van der Waals surface area contributed by atoms with Crippen LogP contribution in [-0.2, 0) is 6.42 Å². The molecule has 0 aromatic heterocycles. The summed E-state index contributed by atoms with van der Waals surface area (Å²) in [5.74, 6) is 0. The summed E-state index contributed by atoms with van der Waals surface area (Å²) < 4.78 is 0. The van der Waals surface area contributed by atoms with Crippen molar-refractivity contribution in [1.29, 1.82) is 0 Å². The van der Waals surface area contributed by atoms with Gasteiger partial charge in [0.15, 0.2) is 0 Å². The van der Waals surface area contributed by atoms with Gasteiger partial charge in [0.25, 0.3) is 0 Å². The van der Waals surface area contributed by atoms with E-state index in [2.05, 4.69) is 50.4 Å². The van der Waals surface area contributed by atoms with Gasteiger partial charge in [-0.25, -0.2) is 0 Å². The lowest BCUT2D eigenvalue weighted by Gasteiger charge is -2.24. The predicted octanol–water partition coefficient (Wildman–Crippen LogP) is 3.05. The van der Waals surface area contributed by atoms with Crippen LogP contribution in [0.3, 0.4) is 0 Å². The van der Waals surface area contributed by atoms with Crippen LogP contribution in [0.25, 0.3) is 0 Å². The third-order valence-corrected chi connectivity index (χ3v) is 3.46. The molecule has 1 aromatic rings. The van der Waals surface area contributed by atoms with Gasteiger partial charge < -0.3 is 5.32 Å². The minimum absolute atomic E-state index is 0.208. The molecule has 1 N–H and O–H groups in total. The maximum Gasteiger partial charge on any atom is 0.0624 e. The molecular weight excluding hydrogens is 190 g/mol. The molecule has 14 heavy (non-hydrogen) atoms. The van der Waals surface area contributed by atoms with Crippen molar-refractivity contribution >= 4 is 11.8 Å². The molecule has 0 amide bonds. The number of fused-ring (bicyclic) bond motifs is 1. The van der Waals surface area contributed by atoms with Crippen molar-refractivity contribution in [2.24, 2.45) is 0 Å². The van der Waals surface area contributed by atoms with E-state index in [1.807, 2.05) is 11.8 Å². The van der Waals surface area contributed by atoms with Crippen molar-refractivity contribution in [3.63, 3.8) is 0 Å². The van der Waals surface area contributed by atoms with Gasteiger partial charge in [-0.2, -0.15) is 0 Å². The van der Waals surface area contributed by atoms with E-state index in [9.17, 15) is 0 Å². The molecule has 0 aliphatic carbocycles. The standard InChI is InChI=1S/C12H17NS/c1-12(2,3)13-11-8-9-6-4-5-7-10(9)14-11/h4-7,11,13H,8H2,1-3H3. The Labute approximate surface area is 90.3 Å². The van der Waals surface area contributed by atoms with E-state index in [-0.39, 0.29) is 5.54 Å². The number of hydrogen-bond donors (Lipinski definition) is 1. The lowest BCUT2D eigenvalue weighted by molar-refractivity contribution is 0.415. The van der Waals surface area contributed by atoms with E-state index in [1.54, 1.807) is 0 Å². The molecule has 1 aromatic carbocycles. The predicted molar refractivity (Wildman–Crippen MR) is 62.7 cm³/mol. The lowest BCUT2D eigenvalue weighted by Crippen LogP contribution is -2.41. The Kier molecular flexibility index (Phi) is 2.58. The highest BCUT2D eigenvalue weighted by Gasteiger charge is 2.24. The minimum Gasteiger partial charge on any atom is -0.300 e. The molecular formula is C12H17NS. The molecule has 1 heterocycles. The first-order chi connectivity index (χ1) is 6.54. The molecule has 0 fully saturated rings. The van der Waals surface area contributed by atoms with E-state index in [0.29, 0.717) is 5.37 Å². The molecule has 1 nitrogen and oxygen atoms in total. The van der Waals surface area contributed by atoms with Gasteiger partial charge in [0.2, 0.25) is 0 Å².